The molecule has 1 aromatic carbocycles. The van der Waals surface area contributed by atoms with Crippen LogP contribution in [0.2, 0.25) is 0 Å². The number of piperidine rings is 1. The highest BCUT2D eigenvalue weighted by atomic mass is 32.2. The molecular weight excluding hydrogens is 396 g/mol. The van der Waals surface area contributed by atoms with E-state index in [1.165, 1.54) is 23.1 Å². The van der Waals surface area contributed by atoms with Crippen LogP contribution in [0.25, 0.3) is 0 Å². The van der Waals surface area contributed by atoms with E-state index in [-0.39, 0.29) is 17.6 Å². The predicted octanol–water partition coefficient (Wildman–Crippen LogP) is 3.19. The minimum Gasteiger partial charge on any atom is -0.464 e. The number of aromatic nitrogens is 2. The van der Waals surface area contributed by atoms with Gasteiger partial charge >= 0.3 is 5.97 Å². The van der Waals surface area contributed by atoms with Crippen molar-refractivity contribution < 1.29 is 14.3 Å². The summed E-state index contributed by atoms with van der Waals surface area (Å²) in [4.78, 5) is 26.4. The fourth-order valence-corrected chi connectivity index (χ4v) is 4.67. The number of anilines is 1. The number of rotatable bonds is 8. The lowest BCUT2D eigenvalue weighted by atomic mass is 10.0. The quantitative estimate of drug-likeness (QED) is 0.519. The average molecular weight is 421 g/mol. The normalized spacial score (nSPS) is 16.6. The number of thioether (sulfide) groups is 1. The Morgan fingerprint density at radius 3 is 2.89 bits per heavy atom. The molecule has 0 aliphatic carbocycles. The molecule has 1 amide bonds. The summed E-state index contributed by atoms with van der Waals surface area (Å²) in [6, 6.07) is 9.60. The van der Waals surface area contributed by atoms with Crippen molar-refractivity contribution in [1.29, 1.82) is 0 Å². The van der Waals surface area contributed by atoms with Gasteiger partial charge in [-0.25, -0.2) is 4.79 Å². The van der Waals surface area contributed by atoms with Crippen molar-refractivity contribution in [3.63, 3.8) is 0 Å². The number of nitrogens with zero attached hydrogens (tertiary/aromatic N) is 3. The number of nitrogens with one attached hydrogen (secondary N) is 1. The number of carbonyl (C=O) groups excluding carboxylic acids is 2. The van der Waals surface area contributed by atoms with Crippen molar-refractivity contribution in [2.45, 2.75) is 43.1 Å². The SMILES string of the molecule is CCOC(=O)[C@H]1CCCCN1C(=O)CSc1nnc(NCc2ccccc2)s1. The van der Waals surface area contributed by atoms with Gasteiger partial charge in [0.05, 0.1) is 12.4 Å². The predicted molar refractivity (Wildman–Crippen MR) is 110 cm³/mol. The second-order valence-electron chi connectivity index (χ2n) is 6.35. The van der Waals surface area contributed by atoms with Gasteiger partial charge in [-0.3, -0.25) is 4.79 Å². The molecule has 7 nitrogen and oxygen atoms in total. The summed E-state index contributed by atoms with van der Waals surface area (Å²) in [5.74, 6) is -0.121. The number of ether oxygens (including phenoxy) is 1. The van der Waals surface area contributed by atoms with Crippen LogP contribution >= 0.6 is 23.1 Å². The lowest BCUT2D eigenvalue weighted by Crippen LogP contribution is -2.49. The second kappa shape index (κ2) is 10.4. The highest BCUT2D eigenvalue weighted by Crippen LogP contribution is 2.27. The van der Waals surface area contributed by atoms with Crippen LogP contribution in [0, 0.1) is 0 Å². The first-order chi connectivity index (χ1) is 13.7. The Hall–Kier alpha value is -2.13. The molecule has 9 heteroatoms. The highest BCUT2D eigenvalue weighted by molar-refractivity contribution is 8.01. The Morgan fingerprint density at radius 1 is 1.29 bits per heavy atom. The molecule has 3 rings (SSSR count). The molecule has 0 saturated carbocycles. The van der Waals surface area contributed by atoms with Crippen LogP contribution in [0.1, 0.15) is 31.7 Å². The van der Waals surface area contributed by atoms with Crippen molar-refractivity contribution in [2.24, 2.45) is 0 Å². The molecule has 0 bridgehead atoms. The first-order valence-corrected chi connectivity index (χ1v) is 11.2. The Bertz CT molecular complexity index is 784. The summed E-state index contributed by atoms with van der Waals surface area (Å²) in [6.45, 7) is 3.38. The monoisotopic (exact) mass is 420 g/mol. The summed E-state index contributed by atoms with van der Waals surface area (Å²) in [5, 5.41) is 12.2. The number of hydrogen-bond acceptors (Lipinski definition) is 8. The molecule has 1 N–H and O–H groups in total. The number of likely N-dealkylation sites (tertiary alicyclic amines) is 1. The zero-order valence-corrected chi connectivity index (χ0v) is 17.4. The van der Waals surface area contributed by atoms with Crippen molar-refractivity contribution >= 4 is 40.1 Å². The van der Waals surface area contributed by atoms with E-state index in [0.717, 1.165) is 27.9 Å². The van der Waals surface area contributed by atoms with Gasteiger partial charge in [0.2, 0.25) is 11.0 Å². The highest BCUT2D eigenvalue weighted by Gasteiger charge is 2.33. The van der Waals surface area contributed by atoms with Crippen LogP contribution in [0.4, 0.5) is 5.13 Å². The molecule has 2 aromatic rings. The van der Waals surface area contributed by atoms with Crippen molar-refractivity contribution in [3.05, 3.63) is 35.9 Å². The Kier molecular flexibility index (Phi) is 7.67. The van der Waals surface area contributed by atoms with Gasteiger partial charge in [-0.15, -0.1) is 10.2 Å². The van der Waals surface area contributed by atoms with E-state index in [0.29, 0.717) is 26.1 Å². The van der Waals surface area contributed by atoms with E-state index in [9.17, 15) is 9.59 Å². The zero-order valence-electron chi connectivity index (χ0n) is 15.8. The molecule has 1 aliphatic rings. The molecule has 0 unspecified atom stereocenters. The summed E-state index contributed by atoms with van der Waals surface area (Å²) in [5.41, 5.74) is 1.16. The number of benzene rings is 1. The molecular formula is C19H24N4O3S2. The Labute approximate surface area is 172 Å². The minimum atomic E-state index is -0.459. The Balaban J connectivity index is 1.50. The third-order valence-corrected chi connectivity index (χ3v) is 6.39. The van der Waals surface area contributed by atoms with Gasteiger partial charge in [-0.1, -0.05) is 53.4 Å². The van der Waals surface area contributed by atoms with E-state index in [1.54, 1.807) is 11.8 Å². The lowest BCUT2D eigenvalue weighted by molar-refractivity contribution is -0.155. The van der Waals surface area contributed by atoms with Crippen molar-refractivity contribution in [1.82, 2.24) is 15.1 Å². The summed E-state index contributed by atoms with van der Waals surface area (Å²) < 4.78 is 5.85. The molecule has 1 fully saturated rings. The Morgan fingerprint density at radius 2 is 2.11 bits per heavy atom. The summed E-state index contributed by atoms with van der Waals surface area (Å²) in [6.07, 6.45) is 2.52. The third kappa shape index (κ3) is 5.68. The van der Waals surface area contributed by atoms with Crippen LogP contribution in [0.5, 0.6) is 0 Å². The minimum absolute atomic E-state index is 0.0586. The first kappa shape index (κ1) is 20.6. The summed E-state index contributed by atoms with van der Waals surface area (Å²) >= 11 is 2.78. The smallest absolute Gasteiger partial charge is 0.328 e. The fraction of sp³-hybridized carbons (Fsp3) is 0.474. The van der Waals surface area contributed by atoms with Crippen molar-refractivity contribution in [2.75, 3.05) is 24.2 Å². The molecule has 0 radical (unpaired) electrons. The molecule has 2 heterocycles. The van der Waals surface area contributed by atoms with Gasteiger partial charge in [0.1, 0.15) is 6.04 Å². The van der Waals surface area contributed by atoms with Gasteiger partial charge in [0.25, 0.3) is 0 Å². The van der Waals surface area contributed by atoms with Gasteiger partial charge in [0, 0.05) is 13.1 Å². The van der Waals surface area contributed by atoms with E-state index < -0.39 is 6.04 Å². The molecule has 0 spiro atoms. The molecule has 1 aliphatic heterocycles. The molecule has 1 saturated heterocycles. The van der Waals surface area contributed by atoms with Crippen LogP contribution in [-0.2, 0) is 20.9 Å². The third-order valence-electron chi connectivity index (χ3n) is 4.39. The standard InChI is InChI=1S/C19H24N4O3S2/c1-2-26-17(25)15-10-6-7-11-23(15)16(24)13-27-19-22-21-18(28-19)20-12-14-8-4-3-5-9-14/h3-5,8-9,15H,2,6-7,10-13H2,1H3,(H,20,21)/t15-/m1/s1. The maximum absolute atomic E-state index is 12.6. The number of hydrogen-bond donors (Lipinski definition) is 1. The van der Waals surface area contributed by atoms with E-state index >= 15 is 0 Å². The second-order valence-corrected chi connectivity index (χ2v) is 8.55. The molecule has 1 atom stereocenters. The van der Waals surface area contributed by atoms with E-state index in [1.807, 2.05) is 30.3 Å². The van der Waals surface area contributed by atoms with Gasteiger partial charge in [-0.2, -0.15) is 0 Å². The maximum atomic E-state index is 12.6. The van der Waals surface area contributed by atoms with E-state index in [2.05, 4.69) is 15.5 Å². The lowest BCUT2D eigenvalue weighted by Gasteiger charge is -2.33. The number of esters is 1. The largest absolute Gasteiger partial charge is 0.464 e. The number of carbonyl (C=O) groups is 2. The number of amides is 1. The average Bonchev–Trinajstić information content (AvgIpc) is 3.19. The van der Waals surface area contributed by atoms with Crippen LogP contribution in [-0.4, -0.2) is 51.9 Å². The van der Waals surface area contributed by atoms with Crippen LogP contribution in [0.3, 0.4) is 0 Å². The van der Waals surface area contributed by atoms with E-state index in [4.69, 9.17) is 4.74 Å². The van der Waals surface area contributed by atoms with Gasteiger partial charge < -0.3 is 15.0 Å². The zero-order chi connectivity index (χ0) is 19.8. The fourth-order valence-electron chi connectivity index (χ4n) is 3.03. The van der Waals surface area contributed by atoms with Gasteiger partial charge in [0.15, 0.2) is 4.34 Å². The summed E-state index contributed by atoms with van der Waals surface area (Å²) in [7, 11) is 0. The molecule has 28 heavy (non-hydrogen) atoms. The molecule has 150 valence electrons. The van der Waals surface area contributed by atoms with Gasteiger partial charge in [-0.05, 0) is 31.7 Å². The molecule has 1 aromatic heterocycles. The maximum Gasteiger partial charge on any atom is 0.328 e. The van der Waals surface area contributed by atoms with Crippen LogP contribution < -0.4 is 5.32 Å². The van der Waals surface area contributed by atoms with Crippen molar-refractivity contribution in [3.8, 4) is 0 Å². The van der Waals surface area contributed by atoms with Crippen LogP contribution in [0.15, 0.2) is 34.7 Å². The first-order valence-electron chi connectivity index (χ1n) is 9.37. The topological polar surface area (TPSA) is 84.4 Å².